The fourth-order valence-corrected chi connectivity index (χ4v) is 5.45. The van der Waals surface area contributed by atoms with Gasteiger partial charge in [0.2, 0.25) is 5.91 Å². The molecule has 0 bridgehead atoms. The number of aromatic nitrogens is 1. The van der Waals surface area contributed by atoms with Gasteiger partial charge in [0.05, 0.1) is 12.0 Å². The molecule has 5 aromatic rings. The van der Waals surface area contributed by atoms with Crippen molar-refractivity contribution in [1.29, 1.82) is 0 Å². The predicted molar refractivity (Wildman–Crippen MR) is 149 cm³/mol. The lowest BCUT2D eigenvalue weighted by Crippen LogP contribution is -2.19. The van der Waals surface area contributed by atoms with Gasteiger partial charge >= 0.3 is 0 Å². The van der Waals surface area contributed by atoms with Gasteiger partial charge in [-0.3, -0.25) is 9.59 Å². The van der Waals surface area contributed by atoms with Crippen molar-refractivity contribution in [2.75, 3.05) is 10.6 Å². The molecule has 37 heavy (non-hydrogen) atoms. The second-order valence-electron chi connectivity index (χ2n) is 8.26. The zero-order valence-corrected chi connectivity index (χ0v) is 21.5. The molecule has 5 rings (SSSR count). The van der Waals surface area contributed by atoms with Crippen molar-refractivity contribution < 1.29 is 14.0 Å². The molecule has 0 fully saturated rings. The highest BCUT2D eigenvalue weighted by atomic mass is 32.2. The van der Waals surface area contributed by atoms with Gasteiger partial charge in [0, 0.05) is 21.5 Å². The van der Waals surface area contributed by atoms with Crippen LogP contribution >= 0.6 is 23.1 Å². The zero-order valence-electron chi connectivity index (χ0n) is 19.9. The van der Waals surface area contributed by atoms with Crippen LogP contribution in [0, 0.1) is 6.92 Å². The largest absolute Gasteiger partial charge is 0.459 e. The Morgan fingerprint density at radius 2 is 1.73 bits per heavy atom. The van der Waals surface area contributed by atoms with Crippen LogP contribution in [0.25, 0.3) is 11.3 Å². The Labute approximate surface area is 222 Å². The Balaban J connectivity index is 1.34. The van der Waals surface area contributed by atoms with Crippen LogP contribution in [-0.2, 0) is 4.79 Å². The number of thioether (sulfide) groups is 1. The molecule has 2 heterocycles. The van der Waals surface area contributed by atoms with Crippen molar-refractivity contribution >= 4 is 45.7 Å². The van der Waals surface area contributed by atoms with E-state index < -0.39 is 5.25 Å². The monoisotopic (exact) mass is 525 g/mol. The first-order valence-electron chi connectivity index (χ1n) is 11.5. The molecule has 184 valence electrons. The number of hydrogen-bond acceptors (Lipinski definition) is 6. The molecule has 2 N–H and O–H groups in total. The quantitative estimate of drug-likeness (QED) is 0.206. The third kappa shape index (κ3) is 6.17. The minimum atomic E-state index is -0.524. The van der Waals surface area contributed by atoms with Crippen LogP contribution < -0.4 is 10.6 Å². The summed E-state index contributed by atoms with van der Waals surface area (Å²) in [5, 5.41) is 7.79. The fourth-order valence-electron chi connectivity index (χ4n) is 3.64. The third-order valence-electron chi connectivity index (χ3n) is 5.51. The topological polar surface area (TPSA) is 84.2 Å². The second kappa shape index (κ2) is 11.3. The van der Waals surface area contributed by atoms with E-state index in [1.54, 1.807) is 18.2 Å². The number of thiazole rings is 1. The molecule has 6 nitrogen and oxygen atoms in total. The van der Waals surface area contributed by atoms with Crippen LogP contribution in [0.15, 0.2) is 112 Å². The fraction of sp³-hybridized carbons (Fsp3) is 0.0690. The van der Waals surface area contributed by atoms with Gasteiger partial charge in [0.1, 0.15) is 5.25 Å². The maximum Gasteiger partial charge on any atom is 0.291 e. The number of carbonyl (C=O) groups is 2. The summed E-state index contributed by atoms with van der Waals surface area (Å²) in [6.07, 6.45) is 1.45. The van der Waals surface area contributed by atoms with Gasteiger partial charge in [-0.15, -0.1) is 23.1 Å². The normalized spacial score (nSPS) is 11.6. The van der Waals surface area contributed by atoms with E-state index in [1.807, 2.05) is 85.1 Å². The van der Waals surface area contributed by atoms with Crippen molar-refractivity contribution in [2.45, 2.75) is 17.1 Å². The average molecular weight is 526 g/mol. The molecule has 0 saturated carbocycles. The van der Waals surface area contributed by atoms with Crippen molar-refractivity contribution in [1.82, 2.24) is 4.98 Å². The van der Waals surface area contributed by atoms with Crippen LogP contribution in [-0.4, -0.2) is 16.8 Å². The molecule has 3 aromatic carbocycles. The lowest BCUT2D eigenvalue weighted by molar-refractivity contribution is -0.115. The van der Waals surface area contributed by atoms with E-state index >= 15 is 0 Å². The van der Waals surface area contributed by atoms with E-state index in [1.165, 1.54) is 34.9 Å². The molecule has 0 radical (unpaired) electrons. The van der Waals surface area contributed by atoms with Crippen LogP contribution in [0.3, 0.4) is 0 Å². The van der Waals surface area contributed by atoms with Gasteiger partial charge in [-0.05, 0) is 42.8 Å². The predicted octanol–water partition coefficient (Wildman–Crippen LogP) is 7.44. The molecule has 8 heteroatoms. The SMILES string of the molecule is Cc1ccc(-c2csc(NC(=O)C(Sc3cccc(NC(=O)c4ccco4)c3)c3ccccc3)n2)cc1. The summed E-state index contributed by atoms with van der Waals surface area (Å²) in [5.41, 5.74) is 4.49. The van der Waals surface area contributed by atoms with Crippen LogP contribution in [0.1, 0.15) is 26.9 Å². The first-order valence-corrected chi connectivity index (χ1v) is 13.3. The summed E-state index contributed by atoms with van der Waals surface area (Å²) in [5.74, 6) is -0.281. The number of anilines is 2. The summed E-state index contributed by atoms with van der Waals surface area (Å²) < 4.78 is 5.17. The molecule has 2 aromatic heterocycles. The summed E-state index contributed by atoms with van der Waals surface area (Å²) >= 11 is 2.80. The Morgan fingerprint density at radius 1 is 0.919 bits per heavy atom. The van der Waals surface area contributed by atoms with Crippen molar-refractivity contribution in [2.24, 2.45) is 0 Å². The Morgan fingerprint density at radius 3 is 2.49 bits per heavy atom. The Bertz CT molecular complexity index is 1500. The van der Waals surface area contributed by atoms with Gasteiger partial charge in [0.15, 0.2) is 10.9 Å². The van der Waals surface area contributed by atoms with Gasteiger partial charge in [-0.25, -0.2) is 4.98 Å². The van der Waals surface area contributed by atoms with Gasteiger partial charge in [0.25, 0.3) is 5.91 Å². The highest BCUT2D eigenvalue weighted by molar-refractivity contribution is 8.00. The van der Waals surface area contributed by atoms with Gasteiger partial charge in [-0.1, -0.05) is 66.2 Å². The van der Waals surface area contributed by atoms with E-state index in [0.717, 1.165) is 21.7 Å². The van der Waals surface area contributed by atoms with E-state index in [9.17, 15) is 9.59 Å². The number of hydrogen-bond donors (Lipinski definition) is 2. The molecule has 2 amide bonds. The van der Waals surface area contributed by atoms with E-state index in [0.29, 0.717) is 10.8 Å². The Kier molecular flexibility index (Phi) is 7.49. The van der Waals surface area contributed by atoms with E-state index in [2.05, 4.69) is 15.6 Å². The number of rotatable bonds is 8. The molecule has 1 unspecified atom stereocenters. The van der Waals surface area contributed by atoms with Crippen molar-refractivity contribution in [3.63, 3.8) is 0 Å². The Hall–Kier alpha value is -4.14. The maximum absolute atomic E-state index is 13.5. The second-order valence-corrected chi connectivity index (χ2v) is 10.3. The van der Waals surface area contributed by atoms with Crippen molar-refractivity contribution in [3.05, 3.63) is 120 Å². The first-order chi connectivity index (χ1) is 18.0. The standard InChI is InChI=1S/C29H23N3O3S2/c1-19-12-14-20(15-13-19)24-18-36-29(31-24)32-28(34)26(21-7-3-2-4-8-21)37-23-10-5-9-22(17-23)30-27(33)25-11-6-16-35-25/h2-18,26H,1H3,(H,30,33)(H,31,32,34). The van der Waals surface area contributed by atoms with Crippen LogP contribution in [0.4, 0.5) is 10.8 Å². The number of carbonyl (C=O) groups excluding carboxylic acids is 2. The van der Waals surface area contributed by atoms with Crippen LogP contribution in [0.5, 0.6) is 0 Å². The number of nitrogens with one attached hydrogen (secondary N) is 2. The lowest BCUT2D eigenvalue weighted by atomic mass is 10.1. The summed E-state index contributed by atoms with van der Waals surface area (Å²) in [6, 6.07) is 28.4. The third-order valence-corrected chi connectivity index (χ3v) is 7.52. The lowest BCUT2D eigenvalue weighted by Gasteiger charge is -2.17. The minimum absolute atomic E-state index is 0.175. The molecular weight excluding hydrogens is 502 g/mol. The number of furan rings is 1. The highest BCUT2D eigenvalue weighted by Gasteiger charge is 2.23. The molecule has 1 atom stereocenters. The molecule has 0 spiro atoms. The van der Waals surface area contributed by atoms with Gasteiger partial charge < -0.3 is 15.1 Å². The number of nitrogens with zero attached hydrogens (tertiary/aromatic N) is 1. The summed E-state index contributed by atoms with van der Waals surface area (Å²) in [6.45, 7) is 2.04. The minimum Gasteiger partial charge on any atom is -0.459 e. The maximum atomic E-state index is 13.5. The number of amides is 2. The molecular formula is C29H23N3O3S2. The zero-order chi connectivity index (χ0) is 25.6. The number of benzene rings is 3. The summed E-state index contributed by atoms with van der Waals surface area (Å²) in [7, 11) is 0. The first kappa shape index (κ1) is 24.5. The van der Waals surface area contributed by atoms with E-state index in [4.69, 9.17) is 4.42 Å². The molecule has 0 aliphatic rings. The van der Waals surface area contributed by atoms with Gasteiger partial charge in [-0.2, -0.15) is 0 Å². The average Bonchev–Trinajstić information content (AvgIpc) is 3.61. The smallest absolute Gasteiger partial charge is 0.291 e. The number of aryl methyl sites for hydroxylation is 1. The van der Waals surface area contributed by atoms with E-state index in [-0.39, 0.29) is 17.6 Å². The molecule has 0 aliphatic carbocycles. The van der Waals surface area contributed by atoms with Crippen LogP contribution in [0.2, 0.25) is 0 Å². The molecule has 0 aliphatic heterocycles. The van der Waals surface area contributed by atoms with Crippen molar-refractivity contribution in [3.8, 4) is 11.3 Å². The molecule has 0 saturated heterocycles. The highest BCUT2D eigenvalue weighted by Crippen LogP contribution is 2.37. The summed E-state index contributed by atoms with van der Waals surface area (Å²) in [4.78, 5) is 31.3.